The van der Waals surface area contributed by atoms with Crippen molar-refractivity contribution in [3.05, 3.63) is 231 Å². The molecule has 0 unspecified atom stereocenters. The molecule has 0 aliphatic heterocycles. The third-order valence-corrected chi connectivity index (χ3v) is 11.6. The molecule has 0 aliphatic rings. The van der Waals surface area contributed by atoms with Gasteiger partial charge < -0.3 is 9.47 Å². The molecule has 1 heterocycles. The molecule has 0 radical (unpaired) electrons. The molecule has 272 valence electrons. The van der Waals surface area contributed by atoms with Crippen LogP contribution in [0.25, 0.3) is 82.4 Å². The zero-order valence-electron chi connectivity index (χ0n) is 31.8. The number of nitrogens with zero attached hydrogens (tertiary/aromatic N) is 2. The first-order chi connectivity index (χ1) is 28.8. The quantitative estimate of drug-likeness (QED) is 0.158. The first kappa shape index (κ1) is 33.6. The van der Waals surface area contributed by atoms with E-state index in [1.165, 1.54) is 71.2 Å². The number of para-hydroxylation sites is 2. The topological polar surface area (TPSA) is 8.17 Å². The Morgan fingerprint density at radius 1 is 0.310 bits per heavy atom. The van der Waals surface area contributed by atoms with Gasteiger partial charge in [-0.15, -0.1) is 0 Å². The monoisotopic (exact) mass is 738 g/mol. The van der Waals surface area contributed by atoms with Crippen molar-refractivity contribution in [3.8, 4) is 39.1 Å². The molecule has 0 aliphatic carbocycles. The molecule has 11 rings (SSSR count). The second kappa shape index (κ2) is 14.1. The molecule has 0 fully saturated rings. The molecule has 1 aromatic heterocycles. The first-order valence-electron chi connectivity index (χ1n) is 19.9. The van der Waals surface area contributed by atoms with Crippen LogP contribution >= 0.6 is 0 Å². The molecule has 0 atom stereocenters. The summed E-state index contributed by atoms with van der Waals surface area (Å²) in [6.07, 6.45) is 0. The molecule has 0 N–H and O–H groups in total. The van der Waals surface area contributed by atoms with Crippen LogP contribution in [0.5, 0.6) is 0 Å². The van der Waals surface area contributed by atoms with Gasteiger partial charge in [-0.2, -0.15) is 0 Å². The Balaban J connectivity index is 1.16. The fourth-order valence-electron chi connectivity index (χ4n) is 8.95. The van der Waals surface area contributed by atoms with Crippen LogP contribution in [0, 0.1) is 0 Å². The number of rotatable bonds is 7. The lowest BCUT2D eigenvalue weighted by Gasteiger charge is -2.26. The van der Waals surface area contributed by atoms with Crippen LogP contribution in [-0.4, -0.2) is 4.57 Å². The highest BCUT2D eigenvalue weighted by Gasteiger charge is 2.22. The van der Waals surface area contributed by atoms with Crippen molar-refractivity contribution in [2.24, 2.45) is 0 Å². The molecular weight excluding hydrogens is 701 g/mol. The van der Waals surface area contributed by atoms with Gasteiger partial charge >= 0.3 is 0 Å². The van der Waals surface area contributed by atoms with Gasteiger partial charge in [0.15, 0.2) is 0 Å². The lowest BCUT2D eigenvalue weighted by atomic mass is 9.89. The average molecular weight is 739 g/mol. The van der Waals surface area contributed by atoms with Crippen molar-refractivity contribution in [3.63, 3.8) is 0 Å². The smallest absolute Gasteiger partial charge is 0.0562 e. The third-order valence-electron chi connectivity index (χ3n) is 11.6. The predicted molar refractivity (Wildman–Crippen MR) is 247 cm³/mol. The Morgan fingerprint density at radius 3 is 1.53 bits per heavy atom. The van der Waals surface area contributed by atoms with Crippen LogP contribution in [0.1, 0.15) is 0 Å². The highest BCUT2D eigenvalue weighted by atomic mass is 15.1. The summed E-state index contributed by atoms with van der Waals surface area (Å²) in [4.78, 5) is 2.40. The van der Waals surface area contributed by atoms with Crippen molar-refractivity contribution in [1.29, 1.82) is 0 Å². The Hall–Kier alpha value is -7.68. The summed E-state index contributed by atoms with van der Waals surface area (Å²) in [7, 11) is 0. The van der Waals surface area contributed by atoms with Crippen LogP contribution in [0.3, 0.4) is 0 Å². The van der Waals surface area contributed by atoms with Gasteiger partial charge in [-0.3, -0.25) is 0 Å². The van der Waals surface area contributed by atoms with E-state index in [2.05, 4.69) is 240 Å². The molecule has 10 aromatic carbocycles. The maximum Gasteiger partial charge on any atom is 0.0562 e. The fraction of sp³-hybridized carbons (Fsp3) is 0. The van der Waals surface area contributed by atoms with E-state index in [-0.39, 0.29) is 0 Å². The van der Waals surface area contributed by atoms with Crippen molar-refractivity contribution in [1.82, 2.24) is 4.57 Å². The maximum absolute atomic E-state index is 2.46. The van der Waals surface area contributed by atoms with Gasteiger partial charge in [-0.1, -0.05) is 176 Å². The highest BCUT2D eigenvalue weighted by molar-refractivity contribution is 6.17. The van der Waals surface area contributed by atoms with Gasteiger partial charge in [0.25, 0.3) is 0 Å². The zero-order valence-corrected chi connectivity index (χ0v) is 31.8. The summed E-state index contributed by atoms with van der Waals surface area (Å²) in [6, 6.07) is 83.7. The van der Waals surface area contributed by atoms with E-state index in [1.54, 1.807) is 0 Å². The molecule has 0 bridgehead atoms. The average Bonchev–Trinajstić information content (AvgIpc) is 3.64. The van der Waals surface area contributed by atoms with Crippen LogP contribution < -0.4 is 4.90 Å². The Morgan fingerprint density at radius 2 is 0.828 bits per heavy atom. The van der Waals surface area contributed by atoms with Crippen molar-refractivity contribution >= 4 is 60.4 Å². The van der Waals surface area contributed by atoms with Crippen LogP contribution in [0.15, 0.2) is 231 Å². The van der Waals surface area contributed by atoms with Gasteiger partial charge in [0.2, 0.25) is 0 Å². The molecular formula is C56H38N2. The second-order valence-electron chi connectivity index (χ2n) is 14.9. The maximum atomic E-state index is 2.46. The normalized spacial score (nSPS) is 11.4. The summed E-state index contributed by atoms with van der Waals surface area (Å²) in [5.74, 6) is 0. The molecule has 0 saturated carbocycles. The van der Waals surface area contributed by atoms with Crippen LogP contribution in [0.4, 0.5) is 17.1 Å². The first-order valence-corrected chi connectivity index (χ1v) is 19.9. The van der Waals surface area contributed by atoms with E-state index < -0.39 is 0 Å². The van der Waals surface area contributed by atoms with Crippen LogP contribution in [-0.2, 0) is 0 Å². The Bertz CT molecular complexity index is 3260. The van der Waals surface area contributed by atoms with E-state index >= 15 is 0 Å². The summed E-state index contributed by atoms with van der Waals surface area (Å²) < 4.78 is 2.46. The molecule has 58 heavy (non-hydrogen) atoms. The van der Waals surface area contributed by atoms with Gasteiger partial charge in [-0.25, -0.2) is 0 Å². The standard InChI is InChI=1S/C56H38N2/c1-3-16-39(17-4-1)40-32-34-44(35-33-40)57(43-22-5-2-6-23-43)54-30-15-31-55-56(54)51-26-11-12-29-53(51)58(55)45-36-37-50(48-27-13-20-41-18-7-9-24-46(41)48)52(38-45)49-28-14-21-42-19-8-10-25-47(42)49/h1-38H. The molecule has 11 aromatic rings. The Kier molecular flexibility index (Phi) is 8.19. The van der Waals surface area contributed by atoms with E-state index in [0.717, 1.165) is 28.3 Å². The van der Waals surface area contributed by atoms with E-state index in [0.29, 0.717) is 0 Å². The van der Waals surface area contributed by atoms with Crippen LogP contribution in [0.2, 0.25) is 0 Å². The van der Waals surface area contributed by atoms with Crippen molar-refractivity contribution in [2.45, 2.75) is 0 Å². The summed E-state index contributed by atoms with van der Waals surface area (Å²) in [5, 5.41) is 7.37. The number of benzene rings is 10. The minimum absolute atomic E-state index is 1.10. The molecule has 0 saturated heterocycles. The number of hydrogen-bond donors (Lipinski definition) is 0. The lowest BCUT2D eigenvalue weighted by molar-refractivity contribution is 1.18. The number of anilines is 3. The minimum Gasteiger partial charge on any atom is -0.310 e. The number of aromatic nitrogens is 1. The number of hydrogen-bond acceptors (Lipinski definition) is 1. The van der Waals surface area contributed by atoms with Gasteiger partial charge in [0.1, 0.15) is 0 Å². The van der Waals surface area contributed by atoms with E-state index in [1.807, 2.05) is 0 Å². The molecule has 0 amide bonds. The number of fused-ring (bicyclic) bond motifs is 5. The SMILES string of the molecule is c1ccc(-c2ccc(N(c3ccccc3)c3cccc4c3c3ccccc3n4-c3ccc(-c4cccc5ccccc45)c(-c4cccc5ccccc45)c3)cc2)cc1. The molecule has 2 nitrogen and oxygen atoms in total. The molecule has 2 heteroatoms. The molecule has 0 spiro atoms. The fourth-order valence-corrected chi connectivity index (χ4v) is 8.95. The minimum atomic E-state index is 1.10. The predicted octanol–water partition coefficient (Wildman–Crippen LogP) is 15.6. The van der Waals surface area contributed by atoms with E-state index in [4.69, 9.17) is 0 Å². The Labute approximate surface area is 338 Å². The van der Waals surface area contributed by atoms with E-state index in [9.17, 15) is 0 Å². The summed E-state index contributed by atoms with van der Waals surface area (Å²) in [6.45, 7) is 0. The highest BCUT2D eigenvalue weighted by Crippen LogP contribution is 2.46. The van der Waals surface area contributed by atoms with Gasteiger partial charge in [0.05, 0.1) is 16.7 Å². The van der Waals surface area contributed by atoms with Gasteiger partial charge in [-0.05, 0) is 110 Å². The third kappa shape index (κ3) is 5.66. The zero-order chi connectivity index (χ0) is 38.4. The summed E-state index contributed by atoms with van der Waals surface area (Å²) in [5.41, 5.74) is 14.1. The summed E-state index contributed by atoms with van der Waals surface area (Å²) >= 11 is 0. The van der Waals surface area contributed by atoms with Crippen molar-refractivity contribution in [2.75, 3.05) is 4.90 Å². The lowest BCUT2D eigenvalue weighted by Crippen LogP contribution is -2.10. The van der Waals surface area contributed by atoms with Crippen molar-refractivity contribution < 1.29 is 0 Å². The van der Waals surface area contributed by atoms with Gasteiger partial charge in [0, 0.05) is 27.8 Å². The largest absolute Gasteiger partial charge is 0.310 e. The second-order valence-corrected chi connectivity index (χ2v) is 14.9.